The summed E-state index contributed by atoms with van der Waals surface area (Å²) in [4.78, 5) is 0. The maximum absolute atomic E-state index is 9.75. The highest BCUT2D eigenvalue weighted by Crippen LogP contribution is 2.40. The minimum Gasteiger partial charge on any atom is -0.549 e. The Hall–Kier alpha value is -0.576. The molecule has 0 saturated heterocycles. The summed E-state index contributed by atoms with van der Waals surface area (Å²) in [5, 5.41) is 9.95. The number of hydrogen-bond donors (Lipinski definition) is 0. The average Bonchev–Trinajstić information content (AvgIpc) is 2.34. The van der Waals surface area contributed by atoms with E-state index in [1.807, 2.05) is 13.0 Å². The molecule has 23 heavy (non-hydrogen) atoms. The number of hydrogen-bond acceptors (Lipinski definition) is 3. The third-order valence-corrected chi connectivity index (χ3v) is 14.3. The monoisotopic (exact) mass is 355 g/mol. The lowest BCUT2D eigenvalue weighted by atomic mass is 10.0. The van der Waals surface area contributed by atoms with Crippen molar-refractivity contribution in [2.75, 3.05) is 0 Å². The van der Waals surface area contributed by atoms with Crippen LogP contribution in [0, 0.1) is 11.3 Å². The quantitative estimate of drug-likeness (QED) is 0.420. The van der Waals surface area contributed by atoms with Gasteiger partial charge in [0.1, 0.15) is 6.07 Å². The van der Waals surface area contributed by atoms with Gasteiger partial charge in [-0.05, 0) is 48.8 Å². The van der Waals surface area contributed by atoms with Crippen molar-refractivity contribution in [2.24, 2.45) is 0 Å². The van der Waals surface area contributed by atoms with Crippen LogP contribution in [0.1, 0.15) is 54.9 Å². The molecule has 0 aromatic heterocycles. The molecular formula is C18H37NO2Si2. The van der Waals surface area contributed by atoms with Crippen molar-refractivity contribution >= 4 is 16.6 Å². The van der Waals surface area contributed by atoms with Gasteiger partial charge in [0.15, 0.2) is 13.9 Å². The molecule has 0 aromatic carbocycles. The van der Waals surface area contributed by atoms with Crippen LogP contribution < -0.4 is 0 Å². The zero-order valence-corrected chi connectivity index (χ0v) is 19.1. The lowest BCUT2D eigenvalue weighted by Crippen LogP contribution is -2.48. The van der Waals surface area contributed by atoms with Gasteiger partial charge in [-0.25, -0.2) is 0 Å². The molecule has 1 unspecified atom stereocenters. The van der Waals surface area contributed by atoms with Crippen molar-refractivity contribution in [3.05, 3.63) is 12.3 Å². The van der Waals surface area contributed by atoms with Crippen molar-refractivity contribution in [3.63, 3.8) is 0 Å². The Bertz CT molecular complexity index is 465. The van der Waals surface area contributed by atoms with Crippen LogP contribution in [-0.2, 0) is 8.85 Å². The summed E-state index contributed by atoms with van der Waals surface area (Å²) in [5.41, 5.74) is -0.897. The Morgan fingerprint density at radius 1 is 0.913 bits per heavy atom. The molecule has 0 rings (SSSR count). The fourth-order valence-corrected chi connectivity index (χ4v) is 3.70. The van der Waals surface area contributed by atoms with E-state index in [1.54, 1.807) is 6.26 Å². The van der Waals surface area contributed by atoms with E-state index in [0.29, 0.717) is 6.42 Å². The molecule has 0 radical (unpaired) electrons. The van der Waals surface area contributed by atoms with Crippen molar-refractivity contribution in [2.45, 2.75) is 96.8 Å². The SMILES string of the molecule is CCC(C#N)(/C=C\O[Si](C)(C)C(C)(C)C)O[Si](C)(C)C(C)(C)C. The molecule has 0 N–H and O–H groups in total. The Morgan fingerprint density at radius 3 is 1.65 bits per heavy atom. The maximum Gasteiger partial charge on any atom is 0.249 e. The van der Waals surface area contributed by atoms with E-state index in [9.17, 15) is 5.26 Å². The molecule has 0 aliphatic carbocycles. The topological polar surface area (TPSA) is 42.2 Å². The highest BCUT2D eigenvalue weighted by Gasteiger charge is 2.44. The average molecular weight is 356 g/mol. The van der Waals surface area contributed by atoms with Gasteiger partial charge in [-0.15, -0.1) is 0 Å². The van der Waals surface area contributed by atoms with Crippen molar-refractivity contribution < 1.29 is 8.85 Å². The first-order valence-electron chi connectivity index (χ1n) is 8.50. The van der Waals surface area contributed by atoms with E-state index in [2.05, 4.69) is 73.8 Å². The minimum absolute atomic E-state index is 0.0679. The van der Waals surface area contributed by atoms with Gasteiger partial charge in [0.05, 0.1) is 6.26 Å². The predicted molar refractivity (Wildman–Crippen MR) is 104 cm³/mol. The van der Waals surface area contributed by atoms with E-state index in [4.69, 9.17) is 8.85 Å². The molecule has 0 bridgehead atoms. The Morgan fingerprint density at radius 2 is 1.35 bits per heavy atom. The second-order valence-electron chi connectivity index (χ2n) is 9.40. The number of rotatable bonds is 6. The van der Waals surface area contributed by atoms with Gasteiger partial charge in [0, 0.05) is 0 Å². The van der Waals surface area contributed by atoms with Crippen molar-refractivity contribution in [1.29, 1.82) is 5.26 Å². The first-order chi connectivity index (χ1) is 10.0. The van der Waals surface area contributed by atoms with Crippen molar-refractivity contribution in [3.8, 4) is 6.07 Å². The van der Waals surface area contributed by atoms with E-state index in [-0.39, 0.29) is 10.1 Å². The van der Waals surface area contributed by atoms with E-state index >= 15 is 0 Å². The van der Waals surface area contributed by atoms with Gasteiger partial charge in [0.2, 0.25) is 8.32 Å². The van der Waals surface area contributed by atoms with Crippen LogP contribution in [0.4, 0.5) is 0 Å². The summed E-state index contributed by atoms with van der Waals surface area (Å²) in [6, 6.07) is 2.38. The molecular weight excluding hydrogens is 318 g/mol. The fraction of sp³-hybridized carbons (Fsp3) is 0.833. The maximum atomic E-state index is 9.75. The summed E-state index contributed by atoms with van der Waals surface area (Å²) < 4.78 is 12.5. The summed E-state index contributed by atoms with van der Waals surface area (Å²) in [6.45, 7) is 23.9. The van der Waals surface area contributed by atoms with Gasteiger partial charge < -0.3 is 8.85 Å². The molecule has 0 fully saturated rings. The predicted octanol–water partition coefficient (Wildman–Crippen LogP) is 6.22. The first-order valence-corrected chi connectivity index (χ1v) is 14.3. The summed E-state index contributed by atoms with van der Waals surface area (Å²) in [6.07, 6.45) is 4.17. The third-order valence-electron chi connectivity index (χ3n) is 5.46. The Labute approximate surface area is 146 Å². The lowest BCUT2D eigenvalue weighted by Gasteiger charge is -2.41. The molecule has 5 heteroatoms. The smallest absolute Gasteiger partial charge is 0.249 e. The molecule has 0 aliphatic heterocycles. The zero-order chi connectivity index (χ0) is 18.7. The molecule has 0 saturated carbocycles. The van der Waals surface area contributed by atoms with Crippen LogP contribution in [0.15, 0.2) is 12.3 Å². The number of nitrogens with zero attached hydrogens (tertiary/aromatic N) is 1. The van der Waals surface area contributed by atoms with Crippen LogP contribution in [0.5, 0.6) is 0 Å². The Kier molecular flexibility index (Phi) is 6.94. The van der Waals surface area contributed by atoms with E-state index in [0.717, 1.165) is 0 Å². The zero-order valence-electron chi connectivity index (χ0n) is 17.1. The Balaban J connectivity index is 5.37. The third kappa shape index (κ3) is 5.77. The standard InChI is InChI=1S/C18H37NO2Si2/c1-12-18(15-19,21-23(10,11)17(5,6)7)13-14-20-22(8,9)16(2,3)4/h13-14H,12H2,1-11H3/b14-13-. The lowest BCUT2D eigenvalue weighted by molar-refractivity contribution is 0.151. The summed E-state index contributed by atoms with van der Waals surface area (Å²) in [5.74, 6) is 0. The van der Waals surface area contributed by atoms with Crippen LogP contribution in [0.2, 0.25) is 36.3 Å². The molecule has 0 aromatic rings. The second-order valence-corrected chi connectivity index (χ2v) is 18.9. The number of nitriles is 1. The fourth-order valence-electron chi connectivity index (χ4n) is 1.46. The van der Waals surface area contributed by atoms with Crippen LogP contribution in [-0.4, -0.2) is 22.2 Å². The molecule has 0 aliphatic rings. The van der Waals surface area contributed by atoms with Gasteiger partial charge in [0.25, 0.3) is 0 Å². The highest BCUT2D eigenvalue weighted by molar-refractivity contribution is 6.74. The minimum atomic E-state index is -2.03. The van der Waals surface area contributed by atoms with Gasteiger partial charge >= 0.3 is 0 Å². The molecule has 0 spiro atoms. The van der Waals surface area contributed by atoms with E-state index in [1.165, 1.54) is 0 Å². The molecule has 3 nitrogen and oxygen atoms in total. The van der Waals surface area contributed by atoms with Crippen LogP contribution in [0.3, 0.4) is 0 Å². The highest BCUT2D eigenvalue weighted by atomic mass is 28.4. The van der Waals surface area contributed by atoms with E-state index < -0.39 is 22.2 Å². The van der Waals surface area contributed by atoms with Crippen LogP contribution in [0.25, 0.3) is 0 Å². The van der Waals surface area contributed by atoms with Gasteiger partial charge in [-0.1, -0.05) is 48.5 Å². The summed E-state index contributed by atoms with van der Waals surface area (Å²) >= 11 is 0. The first kappa shape index (κ1) is 22.4. The second kappa shape index (κ2) is 7.12. The van der Waals surface area contributed by atoms with Crippen molar-refractivity contribution in [1.82, 2.24) is 0 Å². The van der Waals surface area contributed by atoms with Gasteiger partial charge in [-0.3, -0.25) is 0 Å². The summed E-state index contributed by atoms with van der Waals surface area (Å²) in [7, 11) is -3.90. The largest absolute Gasteiger partial charge is 0.549 e. The normalized spacial score (nSPS) is 17.0. The molecule has 1 atom stereocenters. The van der Waals surface area contributed by atoms with Crippen LogP contribution >= 0.6 is 0 Å². The molecule has 0 amide bonds. The van der Waals surface area contributed by atoms with Gasteiger partial charge in [-0.2, -0.15) is 5.26 Å². The molecule has 134 valence electrons. The molecule has 0 heterocycles.